The van der Waals surface area contributed by atoms with E-state index in [-0.39, 0.29) is 12.3 Å². The lowest BCUT2D eigenvalue weighted by molar-refractivity contribution is 0.0519. The molecule has 0 spiro atoms. The van der Waals surface area contributed by atoms with Crippen LogP contribution in [0.1, 0.15) is 28.5 Å². The normalized spacial score (nSPS) is 10.6. The fourth-order valence-electron chi connectivity index (χ4n) is 2.41. The molecule has 2 heterocycles. The van der Waals surface area contributed by atoms with Gasteiger partial charge in [0.2, 0.25) is 0 Å². The van der Waals surface area contributed by atoms with E-state index >= 15 is 0 Å². The summed E-state index contributed by atoms with van der Waals surface area (Å²) in [5.74, 6) is -0.475. The Balaban J connectivity index is 2.16. The van der Waals surface area contributed by atoms with Crippen LogP contribution in [0.2, 0.25) is 0 Å². The SMILES string of the molecule is CCOC(=O)c1ccn2nc(-c3cccc(C#N)c3C)c(Br)c2n1. The predicted octanol–water partition coefficient (Wildman–Crippen LogP) is 3.52. The molecular formula is C17H13BrN4O2. The number of halogens is 1. The molecule has 0 saturated carbocycles. The first-order chi connectivity index (χ1) is 11.6. The van der Waals surface area contributed by atoms with E-state index in [1.807, 2.05) is 19.1 Å². The Morgan fingerprint density at radius 1 is 1.42 bits per heavy atom. The van der Waals surface area contributed by atoms with Gasteiger partial charge in [-0.05, 0) is 47.5 Å². The lowest BCUT2D eigenvalue weighted by Gasteiger charge is -2.04. The molecule has 0 unspecified atom stereocenters. The van der Waals surface area contributed by atoms with E-state index in [9.17, 15) is 10.1 Å². The molecule has 0 saturated heterocycles. The van der Waals surface area contributed by atoms with Crippen LogP contribution in [0.15, 0.2) is 34.9 Å². The molecule has 0 aliphatic carbocycles. The third kappa shape index (κ3) is 2.65. The van der Waals surface area contributed by atoms with E-state index in [0.717, 1.165) is 11.1 Å². The number of fused-ring (bicyclic) bond motifs is 1. The third-order valence-electron chi connectivity index (χ3n) is 3.62. The lowest BCUT2D eigenvalue weighted by atomic mass is 10.0. The van der Waals surface area contributed by atoms with E-state index in [0.29, 0.717) is 21.4 Å². The van der Waals surface area contributed by atoms with Crippen LogP contribution in [0, 0.1) is 18.3 Å². The molecule has 0 aliphatic heterocycles. The number of ether oxygens (including phenoxy) is 1. The number of hydrogen-bond donors (Lipinski definition) is 0. The summed E-state index contributed by atoms with van der Waals surface area (Å²) in [5, 5.41) is 13.7. The summed E-state index contributed by atoms with van der Waals surface area (Å²) in [6.07, 6.45) is 1.66. The molecule has 0 aliphatic rings. The van der Waals surface area contributed by atoms with Crippen molar-refractivity contribution in [3.63, 3.8) is 0 Å². The maximum atomic E-state index is 11.8. The third-order valence-corrected chi connectivity index (χ3v) is 4.35. The van der Waals surface area contributed by atoms with Crippen molar-refractivity contribution in [3.05, 3.63) is 51.8 Å². The van der Waals surface area contributed by atoms with Gasteiger partial charge in [-0.2, -0.15) is 10.4 Å². The van der Waals surface area contributed by atoms with Gasteiger partial charge in [-0.3, -0.25) is 0 Å². The van der Waals surface area contributed by atoms with Gasteiger partial charge in [0.05, 0.1) is 22.7 Å². The molecule has 3 rings (SSSR count). The van der Waals surface area contributed by atoms with E-state index in [4.69, 9.17) is 4.74 Å². The minimum atomic E-state index is -0.475. The number of hydrogen-bond acceptors (Lipinski definition) is 5. The average molecular weight is 385 g/mol. The molecule has 1 aromatic carbocycles. The van der Waals surface area contributed by atoms with Crippen LogP contribution < -0.4 is 0 Å². The van der Waals surface area contributed by atoms with Crippen molar-refractivity contribution in [3.8, 4) is 17.3 Å². The Bertz CT molecular complexity index is 988. The summed E-state index contributed by atoms with van der Waals surface area (Å²) >= 11 is 3.51. The highest BCUT2D eigenvalue weighted by Gasteiger charge is 2.18. The maximum absolute atomic E-state index is 11.8. The van der Waals surface area contributed by atoms with Crippen LogP contribution in [0.3, 0.4) is 0 Å². The van der Waals surface area contributed by atoms with E-state index in [1.165, 1.54) is 0 Å². The van der Waals surface area contributed by atoms with Gasteiger partial charge in [-0.25, -0.2) is 14.3 Å². The van der Waals surface area contributed by atoms with Crippen LogP contribution in [-0.4, -0.2) is 27.2 Å². The van der Waals surface area contributed by atoms with Gasteiger partial charge in [0.1, 0.15) is 5.69 Å². The second kappa shape index (κ2) is 6.42. The van der Waals surface area contributed by atoms with Gasteiger partial charge in [0.15, 0.2) is 11.3 Å². The summed E-state index contributed by atoms with van der Waals surface area (Å²) in [7, 11) is 0. The molecule has 0 N–H and O–H groups in total. The van der Waals surface area contributed by atoms with Crippen LogP contribution in [0.25, 0.3) is 16.9 Å². The molecule has 0 bridgehead atoms. The molecule has 3 aromatic rings. The number of benzene rings is 1. The average Bonchev–Trinajstić information content (AvgIpc) is 2.91. The topological polar surface area (TPSA) is 80.3 Å². The van der Waals surface area contributed by atoms with E-state index < -0.39 is 5.97 Å². The van der Waals surface area contributed by atoms with Gasteiger partial charge in [0.25, 0.3) is 0 Å². The number of aromatic nitrogens is 3. The highest BCUT2D eigenvalue weighted by Crippen LogP contribution is 2.33. The van der Waals surface area contributed by atoms with E-state index in [2.05, 4.69) is 32.1 Å². The fourth-order valence-corrected chi connectivity index (χ4v) is 2.97. The minimum absolute atomic E-state index is 0.221. The lowest BCUT2D eigenvalue weighted by Crippen LogP contribution is -2.08. The van der Waals surface area contributed by atoms with Crippen molar-refractivity contribution in [2.45, 2.75) is 13.8 Å². The zero-order valence-corrected chi connectivity index (χ0v) is 14.7. The van der Waals surface area contributed by atoms with Crippen LogP contribution in [0.5, 0.6) is 0 Å². The second-order valence-electron chi connectivity index (χ2n) is 5.05. The van der Waals surface area contributed by atoms with E-state index in [1.54, 1.807) is 29.8 Å². The molecule has 6 nitrogen and oxygen atoms in total. The second-order valence-corrected chi connectivity index (χ2v) is 5.85. The Hall–Kier alpha value is -2.72. The van der Waals surface area contributed by atoms with Crippen molar-refractivity contribution >= 4 is 27.5 Å². The summed E-state index contributed by atoms with van der Waals surface area (Å²) in [6, 6.07) is 9.21. The zero-order valence-electron chi connectivity index (χ0n) is 13.1. The Morgan fingerprint density at radius 3 is 2.92 bits per heavy atom. The molecule has 24 heavy (non-hydrogen) atoms. The molecule has 0 fully saturated rings. The van der Waals surface area contributed by atoms with Crippen molar-refractivity contribution in [1.29, 1.82) is 5.26 Å². The van der Waals surface area contributed by atoms with Gasteiger partial charge in [0, 0.05) is 11.8 Å². The maximum Gasteiger partial charge on any atom is 0.357 e. The molecule has 7 heteroatoms. The molecule has 120 valence electrons. The molecule has 0 radical (unpaired) electrons. The number of carbonyl (C=O) groups is 1. The Labute approximate surface area is 146 Å². The number of carbonyl (C=O) groups excluding carboxylic acids is 1. The molecular weight excluding hydrogens is 372 g/mol. The number of rotatable bonds is 3. The first-order valence-corrected chi connectivity index (χ1v) is 8.08. The van der Waals surface area contributed by atoms with Crippen molar-refractivity contribution in [2.24, 2.45) is 0 Å². The largest absolute Gasteiger partial charge is 0.461 e. The number of nitrogens with zero attached hydrogens (tertiary/aromatic N) is 4. The van der Waals surface area contributed by atoms with Crippen molar-refractivity contribution in [2.75, 3.05) is 6.61 Å². The zero-order chi connectivity index (χ0) is 17.3. The highest BCUT2D eigenvalue weighted by molar-refractivity contribution is 9.10. The monoisotopic (exact) mass is 384 g/mol. The van der Waals surface area contributed by atoms with Crippen molar-refractivity contribution < 1.29 is 9.53 Å². The summed E-state index contributed by atoms with van der Waals surface area (Å²) in [4.78, 5) is 16.2. The molecule has 0 atom stereocenters. The van der Waals surface area contributed by atoms with Gasteiger partial charge < -0.3 is 4.74 Å². The summed E-state index contributed by atoms with van der Waals surface area (Å²) in [5.41, 5.74) is 3.67. The first kappa shape index (κ1) is 16.1. The Morgan fingerprint density at radius 2 is 2.21 bits per heavy atom. The summed E-state index contributed by atoms with van der Waals surface area (Å²) in [6.45, 7) is 3.91. The quantitative estimate of drug-likeness (QED) is 0.645. The standard InChI is InChI=1S/C17H13BrN4O2/c1-3-24-17(23)13-7-8-22-16(20-13)14(18)15(21-22)12-6-4-5-11(9-19)10(12)2/h4-8H,3H2,1-2H3. The van der Waals surface area contributed by atoms with Crippen LogP contribution >= 0.6 is 15.9 Å². The van der Waals surface area contributed by atoms with Crippen LogP contribution in [-0.2, 0) is 4.74 Å². The first-order valence-electron chi connectivity index (χ1n) is 7.29. The van der Waals surface area contributed by atoms with Crippen LogP contribution in [0.4, 0.5) is 0 Å². The predicted molar refractivity (Wildman–Crippen MR) is 91.5 cm³/mol. The molecule has 2 aromatic heterocycles. The Kier molecular flexibility index (Phi) is 4.32. The minimum Gasteiger partial charge on any atom is -0.461 e. The summed E-state index contributed by atoms with van der Waals surface area (Å²) < 4.78 is 7.22. The fraction of sp³-hybridized carbons (Fsp3) is 0.176. The van der Waals surface area contributed by atoms with Crippen molar-refractivity contribution in [1.82, 2.24) is 14.6 Å². The number of nitriles is 1. The van der Waals surface area contributed by atoms with Gasteiger partial charge in [-0.1, -0.05) is 12.1 Å². The number of esters is 1. The highest BCUT2D eigenvalue weighted by atomic mass is 79.9. The smallest absolute Gasteiger partial charge is 0.357 e. The van der Waals surface area contributed by atoms with Gasteiger partial charge >= 0.3 is 5.97 Å². The molecule has 0 amide bonds. The van der Waals surface area contributed by atoms with Gasteiger partial charge in [-0.15, -0.1) is 0 Å².